The van der Waals surface area contributed by atoms with Gasteiger partial charge in [-0.15, -0.1) is 0 Å². The summed E-state index contributed by atoms with van der Waals surface area (Å²) in [5, 5.41) is 0. The number of nitrogens with zero attached hydrogens (tertiary/aromatic N) is 1. The summed E-state index contributed by atoms with van der Waals surface area (Å²) >= 11 is 0. The molecule has 0 aliphatic carbocycles. The summed E-state index contributed by atoms with van der Waals surface area (Å²) in [6, 6.07) is 10.5. The molecule has 4 nitrogen and oxygen atoms in total. The fraction of sp³-hybridized carbons (Fsp3) is 0.588. The molecule has 1 aliphatic heterocycles. The lowest BCUT2D eigenvalue weighted by atomic mass is 9.85. The Labute approximate surface area is 127 Å². The molecule has 0 radical (unpaired) electrons. The summed E-state index contributed by atoms with van der Waals surface area (Å²) in [5.74, 6) is 0.471. The zero-order valence-electron chi connectivity index (χ0n) is 13.2. The van der Waals surface area contributed by atoms with E-state index in [4.69, 9.17) is 10.5 Å². The summed E-state index contributed by atoms with van der Waals surface area (Å²) in [5.41, 5.74) is 6.75. The number of carbonyl (C=O) groups excluding carboxylic acids is 1. The summed E-state index contributed by atoms with van der Waals surface area (Å²) in [4.78, 5) is 14.1. The maximum Gasteiger partial charge on any atom is 0.410 e. The Morgan fingerprint density at radius 2 is 2.00 bits per heavy atom. The molecule has 0 spiro atoms. The lowest BCUT2D eigenvalue weighted by Gasteiger charge is -2.39. The molecular formula is C17H26N2O2. The van der Waals surface area contributed by atoms with Crippen LogP contribution in [-0.2, 0) is 4.74 Å². The van der Waals surface area contributed by atoms with Gasteiger partial charge in [-0.2, -0.15) is 0 Å². The minimum atomic E-state index is -0.466. The first kappa shape index (κ1) is 15.8. The molecule has 1 aromatic carbocycles. The van der Waals surface area contributed by atoms with E-state index in [1.54, 1.807) is 4.90 Å². The van der Waals surface area contributed by atoms with E-state index < -0.39 is 5.60 Å². The lowest BCUT2D eigenvalue weighted by Crippen LogP contribution is -2.50. The fourth-order valence-electron chi connectivity index (χ4n) is 2.86. The van der Waals surface area contributed by atoms with E-state index in [0.29, 0.717) is 19.0 Å². The van der Waals surface area contributed by atoms with Crippen molar-refractivity contribution in [3.8, 4) is 0 Å². The minimum Gasteiger partial charge on any atom is -0.444 e. The van der Waals surface area contributed by atoms with Gasteiger partial charge in [0.05, 0.1) is 0 Å². The van der Waals surface area contributed by atoms with Crippen LogP contribution in [0.15, 0.2) is 30.3 Å². The molecule has 1 amide bonds. The van der Waals surface area contributed by atoms with Crippen molar-refractivity contribution in [2.45, 2.75) is 51.2 Å². The number of hydrogen-bond acceptors (Lipinski definition) is 3. The fourth-order valence-corrected chi connectivity index (χ4v) is 2.86. The monoisotopic (exact) mass is 290 g/mol. The van der Waals surface area contributed by atoms with E-state index >= 15 is 0 Å². The topological polar surface area (TPSA) is 55.6 Å². The predicted octanol–water partition coefficient (Wildman–Crippen LogP) is 3.13. The Morgan fingerprint density at radius 1 is 1.33 bits per heavy atom. The van der Waals surface area contributed by atoms with Gasteiger partial charge in [-0.3, -0.25) is 0 Å². The van der Waals surface area contributed by atoms with Crippen LogP contribution in [0.3, 0.4) is 0 Å². The van der Waals surface area contributed by atoms with Crippen LogP contribution >= 0.6 is 0 Å². The molecule has 1 aromatic rings. The third-order valence-corrected chi connectivity index (χ3v) is 3.89. The van der Waals surface area contributed by atoms with Crippen LogP contribution in [0.4, 0.5) is 4.79 Å². The number of likely N-dealkylation sites (tertiary alicyclic amines) is 1. The summed E-state index contributed by atoms with van der Waals surface area (Å²) in [7, 11) is 0. The zero-order valence-corrected chi connectivity index (χ0v) is 13.2. The number of nitrogens with two attached hydrogens (primary N) is 1. The molecule has 1 aliphatic rings. The average molecular weight is 290 g/mol. The Hall–Kier alpha value is -1.55. The van der Waals surface area contributed by atoms with Crippen molar-refractivity contribution >= 4 is 6.09 Å². The molecule has 1 saturated heterocycles. The highest BCUT2D eigenvalue weighted by Crippen LogP contribution is 2.31. The van der Waals surface area contributed by atoms with E-state index in [1.807, 2.05) is 26.8 Å². The van der Waals surface area contributed by atoms with Crippen LogP contribution in [0.2, 0.25) is 0 Å². The van der Waals surface area contributed by atoms with Gasteiger partial charge in [0.2, 0.25) is 0 Å². The van der Waals surface area contributed by atoms with Gasteiger partial charge >= 0.3 is 6.09 Å². The molecule has 0 bridgehead atoms. The van der Waals surface area contributed by atoms with Gasteiger partial charge in [-0.1, -0.05) is 30.3 Å². The van der Waals surface area contributed by atoms with Gasteiger partial charge in [-0.25, -0.2) is 4.79 Å². The Bertz CT molecular complexity index is 467. The maximum absolute atomic E-state index is 12.3. The van der Waals surface area contributed by atoms with E-state index in [2.05, 4.69) is 24.3 Å². The van der Waals surface area contributed by atoms with Gasteiger partial charge in [0.1, 0.15) is 5.60 Å². The van der Waals surface area contributed by atoms with Crippen molar-refractivity contribution in [1.29, 1.82) is 0 Å². The van der Waals surface area contributed by atoms with Gasteiger partial charge in [0.15, 0.2) is 0 Å². The van der Waals surface area contributed by atoms with Crippen molar-refractivity contribution in [3.05, 3.63) is 35.9 Å². The minimum absolute atomic E-state index is 0.0545. The van der Waals surface area contributed by atoms with Crippen LogP contribution < -0.4 is 5.73 Å². The highest BCUT2D eigenvalue weighted by atomic mass is 16.6. The second-order valence-electron chi connectivity index (χ2n) is 6.70. The second-order valence-corrected chi connectivity index (χ2v) is 6.70. The molecule has 116 valence electrons. The van der Waals surface area contributed by atoms with Crippen LogP contribution in [0.5, 0.6) is 0 Å². The molecule has 2 unspecified atom stereocenters. The molecule has 0 aromatic heterocycles. The smallest absolute Gasteiger partial charge is 0.410 e. The predicted molar refractivity (Wildman–Crippen MR) is 84.2 cm³/mol. The van der Waals surface area contributed by atoms with Crippen LogP contribution in [0.25, 0.3) is 0 Å². The average Bonchev–Trinajstić information content (AvgIpc) is 2.45. The zero-order chi connectivity index (χ0) is 15.5. The summed E-state index contributed by atoms with van der Waals surface area (Å²) in [6.07, 6.45) is 1.61. The van der Waals surface area contributed by atoms with Crippen molar-refractivity contribution in [2.75, 3.05) is 13.1 Å². The van der Waals surface area contributed by atoms with Gasteiger partial charge < -0.3 is 15.4 Å². The van der Waals surface area contributed by atoms with Crippen molar-refractivity contribution in [1.82, 2.24) is 4.90 Å². The molecule has 2 rings (SSSR count). The highest BCUT2D eigenvalue weighted by Gasteiger charge is 2.33. The van der Waals surface area contributed by atoms with Gasteiger partial charge in [0.25, 0.3) is 0 Å². The molecule has 0 saturated carbocycles. The third kappa shape index (κ3) is 4.21. The van der Waals surface area contributed by atoms with Crippen molar-refractivity contribution < 1.29 is 9.53 Å². The lowest BCUT2D eigenvalue weighted by molar-refractivity contribution is 0.00913. The first-order valence-electron chi connectivity index (χ1n) is 7.65. The number of amides is 1. The number of carbonyl (C=O) groups is 1. The number of piperidine rings is 1. The Morgan fingerprint density at radius 3 is 2.57 bits per heavy atom. The first-order valence-corrected chi connectivity index (χ1v) is 7.65. The number of ether oxygens (including phenoxy) is 1. The summed E-state index contributed by atoms with van der Waals surface area (Å²) in [6.45, 7) is 6.84. The quantitative estimate of drug-likeness (QED) is 0.910. The van der Waals surface area contributed by atoms with E-state index in [0.717, 1.165) is 12.8 Å². The Balaban J connectivity index is 2.04. The molecule has 1 heterocycles. The molecule has 1 fully saturated rings. The van der Waals surface area contributed by atoms with Crippen molar-refractivity contribution in [2.24, 2.45) is 5.73 Å². The van der Waals surface area contributed by atoms with E-state index in [9.17, 15) is 4.79 Å². The van der Waals surface area contributed by atoms with Crippen molar-refractivity contribution in [3.63, 3.8) is 0 Å². The van der Waals surface area contributed by atoms with Gasteiger partial charge in [0, 0.05) is 19.1 Å². The first-order chi connectivity index (χ1) is 9.90. The van der Waals surface area contributed by atoms with E-state index in [1.165, 1.54) is 5.56 Å². The van der Waals surface area contributed by atoms with Crippen LogP contribution in [0, 0.1) is 0 Å². The Kier molecular flexibility index (Phi) is 4.88. The van der Waals surface area contributed by atoms with E-state index in [-0.39, 0.29) is 12.1 Å². The molecule has 4 heteroatoms. The van der Waals surface area contributed by atoms with Crippen LogP contribution in [-0.4, -0.2) is 35.7 Å². The molecule has 2 atom stereocenters. The maximum atomic E-state index is 12.3. The molecule has 21 heavy (non-hydrogen) atoms. The third-order valence-electron chi connectivity index (χ3n) is 3.89. The largest absolute Gasteiger partial charge is 0.444 e. The van der Waals surface area contributed by atoms with Gasteiger partial charge in [-0.05, 0) is 45.1 Å². The SMILES string of the molecule is CC(C)(C)OC(=O)N1CCC(c2ccccc2)CC1CN. The highest BCUT2D eigenvalue weighted by molar-refractivity contribution is 5.68. The molecular weight excluding hydrogens is 264 g/mol. The number of rotatable bonds is 2. The van der Waals surface area contributed by atoms with Crippen LogP contribution in [0.1, 0.15) is 45.1 Å². The normalized spacial score (nSPS) is 23.0. The second kappa shape index (κ2) is 6.48. The summed E-state index contributed by atoms with van der Waals surface area (Å²) < 4.78 is 5.48. The molecule has 2 N–H and O–H groups in total. The number of hydrogen-bond donors (Lipinski definition) is 1. The number of benzene rings is 1. The standard InChI is InChI=1S/C17H26N2O2/c1-17(2,3)21-16(20)19-10-9-14(11-15(19)12-18)13-7-5-4-6-8-13/h4-8,14-15H,9-12,18H2,1-3H3.